The largest absolute Gasteiger partial charge is 0.497 e. The molecule has 112 valence electrons. The van der Waals surface area contributed by atoms with Crippen molar-refractivity contribution in [2.45, 2.75) is 19.8 Å². The van der Waals surface area contributed by atoms with Crippen molar-refractivity contribution < 1.29 is 9.47 Å². The standard InChI is InChI=1S/C15H18BrN3O2/c1-4-5-14-18-13(16)9-15(19-14)17-11-7-6-10(20-2)8-12(11)21-3/h6-9H,4-5H2,1-3H3,(H,17,18,19). The number of hydrogen-bond donors (Lipinski definition) is 1. The zero-order chi connectivity index (χ0) is 15.2. The lowest BCUT2D eigenvalue weighted by molar-refractivity contribution is 0.395. The van der Waals surface area contributed by atoms with Gasteiger partial charge in [0.15, 0.2) is 0 Å². The molecule has 6 heteroatoms. The number of aryl methyl sites for hydroxylation is 1. The highest BCUT2D eigenvalue weighted by atomic mass is 79.9. The van der Waals surface area contributed by atoms with Crippen LogP contribution in [0.25, 0.3) is 0 Å². The lowest BCUT2D eigenvalue weighted by Gasteiger charge is -2.12. The number of aromatic nitrogens is 2. The van der Waals surface area contributed by atoms with E-state index in [9.17, 15) is 0 Å². The van der Waals surface area contributed by atoms with E-state index in [-0.39, 0.29) is 0 Å². The van der Waals surface area contributed by atoms with Crippen LogP contribution in [0.4, 0.5) is 11.5 Å². The van der Waals surface area contributed by atoms with Crippen molar-refractivity contribution >= 4 is 27.4 Å². The summed E-state index contributed by atoms with van der Waals surface area (Å²) < 4.78 is 11.3. The third kappa shape index (κ3) is 4.07. The van der Waals surface area contributed by atoms with E-state index >= 15 is 0 Å². The Balaban J connectivity index is 2.29. The summed E-state index contributed by atoms with van der Waals surface area (Å²) in [5.74, 6) is 2.97. The van der Waals surface area contributed by atoms with Crippen LogP contribution in [0.15, 0.2) is 28.9 Å². The first-order valence-corrected chi connectivity index (χ1v) is 7.48. The lowest BCUT2D eigenvalue weighted by Crippen LogP contribution is -2.02. The molecule has 0 saturated heterocycles. The molecular weight excluding hydrogens is 334 g/mol. The Hall–Kier alpha value is -1.82. The number of methoxy groups -OCH3 is 2. The van der Waals surface area contributed by atoms with Gasteiger partial charge in [-0.25, -0.2) is 9.97 Å². The van der Waals surface area contributed by atoms with Gasteiger partial charge in [0, 0.05) is 18.6 Å². The Morgan fingerprint density at radius 1 is 1.14 bits per heavy atom. The summed E-state index contributed by atoms with van der Waals surface area (Å²) in [7, 11) is 3.25. The van der Waals surface area contributed by atoms with Crippen molar-refractivity contribution in [1.29, 1.82) is 0 Å². The predicted molar refractivity (Wildman–Crippen MR) is 86.6 cm³/mol. The second-order valence-electron chi connectivity index (χ2n) is 4.43. The molecule has 0 amide bonds. The molecule has 0 atom stereocenters. The molecule has 0 unspecified atom stereocenters. The number of rotatable bonds is 6. The summed E-state index contributed by atoms with van der Waals surface area (Å²) in [6.45, 7) is 2.10. The van der Waals surface area contributed by atoms with Crippen molar-refractivity contribution in [3.63, 3.8) is 0 Å². The Bertz CT molecular complexity index is 620. The molecule has 21 heavy (non-hydrogen) atoms. The predicted octanol–water partition coefficient (Wildman–Crippen LogP) is 3.95. The average molecular weight is 352 g/mol. The number of hydrogen-bond acceptors (Lipinski definition) is 5. The van der Waals surface area contributed by atoms with Crippen LogP contribution < -0.4 is 14.8 Å². The summed E-state index contributed by atoms with van der Waals surface area (Å²) in [6.07, 6.45) is 1.84. The Kier molecular flexibility index (Phi) is 5.38. The molecule has 0 aliphatic heterocycles. The molecule has 1 aromatic heterocycles. The summed E-state index contributed by atoms with van der Waals surface area (Å²) in [5.41, 5.74) is 0.825. The summed E-state index contributed by atoms with van der Waals surface area (Å²) in [6, 6.07) is 7.43. The average Bonchev–Trinajstić information content (AvgIpc) is 2.47. The molecule has 0 bridgehead atoms. The van der Waals surface area contributed by atoms with Gasteiger partial charge in [-0.15, -0.1) is 0 Å². The van der Waals surface area contributed by atoms with Gasteiger partial charge < -0.3 is 14.8 Å². The van der Waals surface area contributed by atoms with E-state index in [4.69, 9.17) is 9.47 Å². The quantitative estimate of drug-likeness (QED) is 0.798. The molecule has 2 aromatic rings. The minimum atomic E-state index is 0.695. The van der Waals surface area contributed by atoms with Crippen molar-refractivity contribution in [2.75, 3.05) is 19.5 Å². The maximum atomic E-state index is 5.37. The van der Waals surface area contributed by atoms with E-state index in [1.807, 2.05) is 24.3 Å². The maximum Gasteiger partial charge on any atom is 0.146 e. The number of ether oxygens (including phenoxy) is 2. The highest BCUT2D eigenvalue weighted by Gasteiger charge is 2.08. The Labute approximate surface area is 132 Å². The third-order valence-corrected chi connectivity index (χ3v) is 3.29. The highest BCUT2D eigenvalue weighted by Crippen LogP contribution is 2.31. The third-order valence-electron chi connectivity index (χ3n) is 2.89. The van der Waals surface area contributed by atoms with Gasteiger partial charge in [0.05, 0.1) is 19.9 Å². The molecule has 2 rings (SSSR count). The van der Waals surface area contributed by atoms with Crippen LogP contribution >= 0.6 is 15.9 Å². The van der Waals surface area contributed by atoms with Gasteiger partial charge in [0.2, 0.25) is 0 Å². The van der Waals surface area contributed by atoms with E-state index in [0.717, 1.165) is 40.5 Å². The monoisotopic (exact) mass is 351 g/mol. The zero-order valence-corrected chi connectivity index (χ0v) is 13.9. The molecule has 0 saturated carbocycles. The van der Waals surface area contributed by atoms with Gasteiger partial charge in [-0.1, -0.05) is 6.92 Å². The Morgan fingerprint density at radius 2 is 1.95 bits per heavy atom. The molecule has 1 heterocycles. The molecule has 0 aliphatic rings. The number of halogens is 1. The van der Waals surface area contributed by atoms with E-state index in [1.165, 1.54) is 0 Å². The van der Waals surface area contributed by atoms with Crippen LogP contribution in [0.2, 0.25) is 0 Å². The van der Waals surface area contributed by atoms with Crippen molar-refractivity contribution in [2.24, 2.45) is 0 Å². The van der Waals surface area contributed by atoms with E-state index in [2.05, 4.69) is 38.1 Å². The minimum absolute atomic E-state index is 0.695. The number of anilines is 2. The first-order valence-electron chi connectivity index (χ1n) is 6.68. The van der Waals surface area contributed by atoms with Crippen molar-refractivity contribution in [3.05, 3.63) is 34.7 Å². The van der Waals surface area contributed by atoms with Crippen LogP contribution in [0.1, 0.15) is 19.2 Å². The highest BCUT2D eigenvalue weighted by molar-refractivity contribution is 9.10. The van der Waals surface area contributed by atoms with Gasteiger partial charge in [-0.05, 0) is 34.5 Å². The molecule has 5 nitrogen and oxygen atoms in total. The van der Waals surface area contributed by atoms with Gasteiger partial charge in [0.1, 0.15) is 27.7 Å². The SMILES string of the molecule is CCCc1nc(Br)cc(Nc2ccc(OC)cc2OC)n1. The smallest absolute Gasteiger partial charge is 0.146 e. The first-order chi connectivity index (χ1) is 10.2. The Morgan fingerprint density at radius 3 is 2.62 bits per heavy atom. The van der Waals surface area contributed by atoms with Crippen LogP contribution in [0.3, 0.4) is 0 Å². The summed E-state index contributed by atoms with van der Waals surface area (Å²) in [4.78, 5) is 8.85. The molecule has 1 aromatic carbocycles. The second-order valence-corrected chi connectivity index (χ2v) is 5.25. The molecule has 0 fully saturated rings. The van der Waals surface area contributed by atoms with Crippen LogP contribution in [-0.4, -0.2) is 24.2 Å². The summed E-state index contributed by atoms with van der Waals surface area (Å²) >= 11 is 3.41. The number of benzene rings is 1. The van der Waals surface area contributed by atoms with E-state index in [1.54, 1.807) is 14.2 Å². The van der Waals surface area contributed by atoms with Crippen molar-refractivity contribution in [3.8, 4) is 11.5 Å². The minimum Gasteiger partial charge on any atom is -0.497 e. The van der Waals surface area contributed by atoms with E-state index < -0.39 is 0 Å². The first kappa shape index (κ1) is 15.6. The molecule has 0 radical (unpaired) electrons. The van der Waals surface area contributed by atoms with E-state index in [0.29, 0.717) is 5.75 Å². The van der Waals surface area contributed by atoms with Gasteiger partial charge in [0.25, 0.3) is 0 Å². The fourth-order valence-electron chi connectivity index (χ4n) is 1.90. The number of nitrogens with zero attached hydrogens (tertiary/aromatic N) is 2. The van der Waals surface area contributed by atoms with Gasteiger partial charge in [-0.3, -0.25) is 0 Å². The van der Waals surface area contributed by atoms with Crippen LogP contribution in [0, 0.1) is 0 Å². The fourth-order valence-corrected chi connectivity index (χ4v) is 2.33. The van der Waals surface area contributed by atoms with Gasteiger partial charge in [-0.2, -0.15) is 0 Å². The van der Waals surface area contributed by atoms with Crippen LogP contribution in [0.5, 0.6) is 11.5 Å². The molecule has 0 spiro atoms. The zero-order valence-electron chi connectivity index (χ0n) is 12.3. The normalized spacial score (nSPS) is 10.3. The van der Waals surface area contributed by atoms with Gasteiger partial charge >= 0.3 is 0 Å². The number of nitrogens with one attached hydrogen (secondary N) is 1. The lowest BCUT2D eigenvalue weighted by atomic mass is 10.2. The second kappa shape index (κ2) is 7.26. The molecule has 1 N–H and O–H groups in total. The van der Waals surface area contributed by atoms with Crippen molar-refractivity contribution in [1.82, 2.24) is 9.97 Å². The topological polar surface area (TPSA) is 56.3 Å². The maximum absolute atomic E-state index is 5.37. The fraction of sp³-hybridized carbons (Fsp3) is 0.333. The summed E-state index contributed by atoms with van der Waals surface area (Å²) in [5, 5.41) is 3.25. The molecular formula is C15H18BrN3O2. The molecule has 0 aliphatic carbocycles. The van der Waals surface area contributed by atoms with Crippen LogP contribution in [-0.2, 0) is 6.42 Å².